The molecule has 1 amide bonds. The molecule has 136 valence electrons. The fourth-order valence-corrected chi connectivity index (χ4v) is 4.98. The molecule has 2 unspecified atom stereocenters. The second-order valence-corrected chi connectivity index (χ2v) is 9.06. The van der Waals surface area contributed by atoms with Crippen LogP contribution in [0.4, 0.5) is 0 Å². The van der Waals surface area contributed by atoms with Crippen LogP contribution in [0.2, 0.25) is 0 Å². The highest BCUT2D eigenvalue weighted by molar-refractivity contribution is 7.99. The first-order chi connectivity index (χ1) is 11.9. The van der Waals surface area contributed by atoms with Crippen molar-refractivity contribution in [3.8, 4) is 0 Å². The van der Waals surface area contributed by atoms with Crippen LogP contribution in [0.15, 0.2) is 4.79 Å². The van der Waals surface area contributed by atoms with Gasteiger partial charge in [-0.2, -0.15) is 0 Å². The molecule has 1 aliphatic rings. The molecule has 1 aliphatic heterocycles. The number of rotatable bonds is 5. The van der Waals surface area contributed by atoms with Gasteiger partial charge in [-0.25, -0.2) is 4.98 Å². The first kappa shape index (κ1) is 18.4. The lowest BCUT2D eigenvalue weighted by Gasteiger charge is -2.26. The van der Waals surface area contributed by atoms with Crippen molar-refractivity contribution in [2.75, 3.05) is 20.1 Å². The number of thiophene rings is 1. The summed E-state index contributed by atoms with van der Waals surface area (Å²) in [4.78, 5) is 36.1. The van der Waals surface area contributed by atoms with Gasteiger partial charge in [0.05, 0.1) is 16.4 Å². The van der Waals surface area contributed by atoms with Gasteiger partial charge < -0.3 is 15.2 Å². The molecule has 3 rings (SSSR count). The summed E-state index contributed by atoms with van der Waals surface area (Å²) in [5, 5.41) is 3.81. The van der Waals surface area contributed by atoms with Gasteiger partial charge in [0.2, 0.25) is 5.91 Å². The third kappa shape index (κ3) is 3.75. The Morgan fingerprint density at radius 2 is 2.24 bits per heavy atom. The normalized spacial score (nSPS) is 18.6. The number of fused-ring (bicyclic) bond motifs is 1. The predicted octanol–water partition coefficient (Wildman–Crippen LogP) is 2.04. The van der Waals surface area contributed by atoms with Crippen LogP contribution in [0, 0.1) is 13.8 Å². The van der Waals surface area contributed by atoms with Gasteiger partial charge in [0.25, 0.3) is 5.56 Å². The number of thioether (sulfide) groups is 1. The second-order valence-electron chi connectivity index (χ2n) is 6.53. The smallest absolute Gasteiger partial charge is 0.259 e. The molecule has 0 radical (unpaired) electrons. The van der Waals surface area contributed by atoms with E-state index in [0.29, 0.717) is 17.0 Å². The van der Waals surface area contributed by atoms with E-state index in [4.69, 9.17) is 0 Å². The first-order valence-electron chi connectivity index (χ1n) is 8.46. The molecular formula is C17H24N4O2S2. The van der Waals surface area contributed by atoms with Gasteiger partial charge in [-0.15, -0.1) is 23.1 Å². The van der Waals surface area contributed by atoms with Crippen molar-refractivity contribution in [2.45, 2.75) is 44.2 Å². The van der Waals surface area contributed by atoms with Crippen LogP contribution in [-0.4, -0.2) is 52.2 Å². The lowest BCUT2D eigenvalue weighted by molar-refractivity contribution is -0.130. The summed E-state index contributed by atoms with van der Waals surface area (Å²) in [5.74, 6) is 1.28. The first-order valence-corrected chi connectivity index (χ1v) is 10.3. The molecule has 6 nitrogen and oxygen atoms in total. The summed E-state index contributed by atoms with van der Waals surface area (Å²) in [6, 6.07) is 0.280. The monoisotopic (exact) mass is 380 g/mol. The maximum atomic E-state index is 12.6. The van der Waals surface area contributed by atoms with Crippen LogP contribution in [-0.2, 0) is 10.5 Å². The third-order valence-corrected chi connectivity index (χ3v) is 7.08. The maximum absolute atomic E-state index is 12.6. The Hall–Kier alpha value is -1.38. The predicted molar refractivity (Wildman–Crippen MR) is 105 cm³/mol. The summed E-state index contributed by atoms with van der Waals surface area (Å²) in [7, 11) is 1.88. The summed E-state index contributed by atoms with van der Waals surface area (Å²) in [6.07, 6.45) is 1.00. The molecular weight excluding hydrogens is 356 g/mol. The minimum Gasteiger partial charge on any atom is -0.340 e. The molecule has 0 saturated carbocycles. The van der Waals surface area contributed by atoms with Crippen molar-refractivity contribution >= 4 is 39.2 Å². The number of aromatic nitrogens is 2. The fraction of sp³-hybridized carbons (Fsp3) is 0.588. The van der Waals surface area contributed by atoms with Crippen molar-refractivity contribution in [3.63, 3.8) is 0 Å². The minimum atomic E-state index is -0.168. The molecule has 3 heterocycles. The summed E-state index contributed by atoms with van der Waals surface area (Å²) in [5.41, 5.74) is 0.916. The highest BCUT2D eigenvalue weighted by Gasteiger charge is 2.26. The SMILES string of the molecule is Cc1sc2nc(CSC(C)C(=O)N(C)C3CCNC3)[nH]c(=O)c2c1C. The van der Waals surface area contributed by atoms with Crippen LogP contribution in [0.25, 0.3) is 10.2 Å². The third-order valence-electron chi connectivity index (χ3n) is 4.84. The Bertz CT molecular complexity index is 839. The number of aromatic amines is 1. The Morgan fingerprint density at radius 3 is 2.92 bits per heavy atom. The van der Waals surface area contributed by atoms with Crippen LogP contribution in [0.5, 0.6) is 0 Å². The zero-order chi connectivity index (χ0) is 18.1. The Balaban J connectivity index is 1.67. The fourth-order valence-electron chi connectivity index (χ4n) is 3.08. The molecule has 2 aromatic rings. The molecule has 0 aromatic carbocycles. The highest BCUT2D eigenvalue weighted by Crippen LogP contribution is 2.26. The van der Waals surface area contributed by atoms with E-state index >= 15 is 0 Å². The van der Waals surface area contributed by atoms with E-state index in [1.165, 1.54) is 11.8 Å². The molecule has 25 heavy (non-hydrogen) atoms. The topological polar surface area (TPSA) is 78.1 Å². The van der Waals surface area contributed by atoms with Gasteiger partial charge in [0, 0.05) is 24.5 Å². The van der Waals surface area contributed by atoms with Crippen LogP contribution < -0.4 is 10.9 Å². The number of nitrogens with zero attached hydrogens (tertiary/aromatic N) is 2. The standard InChI is InChI=1S/C17H24N4O2S2/c1-9-10(2)25-16-14(9)15(22)19-13(20-16)8-24-11(3)17(23)21(4)12-5-6-18-7-12/h11-12,18H,5-8H2,1-4H3,(H,19,20,22). The van der Waals surface area contributed by atoms with E-state index in [-0.39, 0.29) is 22.8 Å². The van der Waals surface area contributed by atoms with Crippen LogP contribution in [0.3, 0.4) is 0 Å². The molecule has 0 spiro atoms. The lowest BCUT2D eigenvalue weighted by Crippen LogP contribution is -2.42. The van der Waals surface area contributed by atoms with E-state index in [9.17, 15) is 9.59 Å². The Kier molecular flexibility index (Phi) is 5.50. The van der Waals surface area contributed by atoms with Crippen molar-refractivity contribution < 1.29 is 4.79 Å². The van der Waals surface area contributed by atoms with E-state index in [0.717, 1.165) is 34.8 Å². The second kappa shape index (κ2) is 7.47. The van der Waals surface area contributed by atoms with Gasteiger partial charge in [-0.05, 0) is 39.3 Å². The van der Waals surface area contributed by atoms with Crippen molar-refractivity contribution in [1.29, 1.82) is 0 Å². The summed E-state index contributed by atoms with van der Waals surface area (Å²) < 4.78 is 0. The summed E-state index contributed by atoms with van der Waals surface area (Å²) >= 11 is 3.06. The Morgan fingerprint density at radius 1 is 1.48 bits per heavy atom. The zero-order valence-corrected chi connectivity index (χ0v) is 16.6. The van der Waals surface area contributed by atoms with E-state index in [1.807, 2.05) is 32.7 Å². The van der Waals surface area contributed by atoms with E-state index in [1.54, 1.807) is 11.3 Å². The zero-order valence-electron chi connectivity index (χ0n) is 15.0. The number of hydrogen-bond donors (Lipinski definition) is 2. The molecule has 2 aromatic heterocycles. The van der Waals surface area contributed by atoms with Crippen molar-refractivity contribution in [2.24, 2.45) is 0 Å². The maximum Gasteiger partial charge on any atom is 0.259 e. The van der Waals surface area contributed by atoms with Crippen LogP contribution >= 0.6 is 23.1 Å². The molecule has 0 aliphatic carbocycles. The number of H-pyrrole nitrogens is 1. The number of carbonyl (C=O) groups excluding carboxylic acids is 1. The molecule has 8 heteroatoms. The Labute approximate surface area is 155 Å². The summed E-state index contributed by atoms with van der Waals surface area (Å²) in [6.45, 7) is 7.71. The highest BCUT2D eigenvalue weighted by atomic mass is 32.2. The van der Waals surface area contributed by atoms with Gasteiger partial charge >= 0.3 is 0 Å². The van der Waals surface area contributed by atoms with E-state index < -0.39 is 0 Å². The average molecular weight is 381 g/mol. The van der Waals surface area contributed by atoms with Gasteiger partial charge in [-0.3, -0.25) is 9.59 Å². The lowest BCUT2D eigenvalue weighted by atomic mass is 10.2. The molecule has 1 fully saturated rings. The van der Waals surface area contributed by atoms with Gasteiger partial charge in [0.1, 0.15) is 10.7 Å². The van der Waals surface area contributed by atoms with Crippen molar-refractivity contribution in [1.82, 2.24) is 20.2 Å². The van der Waals surface area contributed by atoms with Gasteiger partial charge in [-0.1, -0.05) is 0 Å². The number of likely N-dealkylation sites (N-methyl/N-ethyl adjacent to an activating group) is 1. The number of nitrogens with one attached hydrogen (secondary N) is 2. The molecule has 2 atom stereocenters. The molecule has 2 N–H and O–H groups in total. The molecule has 1 saturated heterocycles. The van der Waals surface area contributed by atoms with Crippen molar-refractivity contribution in [3.05, 3.63) is 26.6 Å². The number of aryl methyl sites for hydroxylation is 2. The average Bonchev–Trinajstić information content (AvgIpc) is 3.20. The molecule has 0 bridgehead atoms. The number of carbonyl (C=O) groups is 1. The van der Waals surface area contributed by atoms with Gasteiger partial charge in [0.15, 0.2) is 0 Å². The van der Waals surface area contributed by atoms with Crippen LogP contribution in [0.1, 0.15) is 29.6 Å². The number of amides is 1. The largest absolute Gasteiger partial charge is 0.340 e. The van der Waals surface area contributed by atoms with E-state index in [2.05, 4.69) is 15.3 Å². The number of hydrogen-bond acceptors (Lipinski definition) is 6. The minimum absolute atomic E-state index is 0.0874. The quantitative estimate of drug-likeness (QED) is 0.830.